The molecule has 0 aliphatic carbocycles. The normalized spacial score (nSPS) is 12.4. The molecule has 1 atom stereocenters. The standard InChI is InChI=1S/C14H16BrN3/c1-9-3-6-13(15)12(7-9)14(18-16)11-5-4-10(2)17-8-11/h3-8,14,18H,16H2,1-2H3. The largest absolute Gasteiger partial charge is 0.271 e. The number of pyridine rings is 1. The van der Waals surface area contributed by atoms with Crippen molar-refractivity contribution in [1.82, 2.24) is 10.4 Å². The Bertz CT molecular complexity index is 537. The smallest absolute Gasteiger partial charge is 0.0735 e. The number of nitrogens with zero attached hydrogens (tertiary/aromatic N) is 1. The van der Waals surface area contributed by atoms with Crippen LogP contribution < -0.4 is 11.3 Å². The van der Waals surface area contributed by atoms with Crippen LogP contribution in [0.15, 0.2) is 41.0 Å². The first-order valence-electron chi connectivity index (χ1n) is 5.76. The van der Waals surface area contributed by atoms with E-state index in [9.17, 15) is 0 Å². The van der Waals surface area contributed by atoms with Gasteiger partial charge in [0.2, 0.25) is 0 Å². The summed E-state index contributed by atoms with van der Waals surface area (Å²) in [7, 11) is 0. The minimum Gasteiger partial charge on any atom is -0.271 e. The molecule has 1 unspecified atom stereocenters. The number of halogens is 1. The molecule has 0 bridgehead atoms. The molecular formula is C14H16BrN3. The maximum absolute atomic E-state index is 5.70. The van der Waals surface area contributed by atoms with E-state index in [1.807, 2.05) is 31.3 Å². The van der Waals surface area contributed by atoms with Gasteiger partial charge in [-0.2, -0.15) is 0 Å². The number of aryl methyl sites for hydroxylation is 2. The summed E-state index contributed by atoms with van der Waals surface area (Å²) in [5.41, 5.74) is 7.22. The van der Waals surface area contributed by atoms with Gasteiger partial charge in [-0.05, 0) is 37.1 Å². The maximum Gasteiger partial charge on any atom is 0.0735 e. The molecule has 0 saturated carbocycles. The number of hydrazine groups is 1. The Hall–Kier alpha value is -1.23. The number of nitrogens with one attached hydrogen (secondary N) is 1. The van der Waals surface area contributed by atoms with E-state index in [0.29, 0.717) is 0 Å². The van der Waals surface area contributed by atoms with E-state index in [-0.39, 0.29) is 6.04 Å². The molecule has 0 radical (unpaired) electrons. The minimum atomic E-state index is -0.0626. The van der Waals surface area contributed by atoms with Gasteiger partial charge >= 0.3 is 0 Å². The van der Waals surface area contributed by atoms with Crippen molar-refractivity contribution in [3.63, 3.8) is 0 Å². The van der Waals surface area contributed by atoms with Crippen LogP contribution in [0.3, 0.4) is 0 Å². The maximum atomic E-state index is 5.70. The number of aromatic nitrogens is 1. The molecule has 4 heteroatoms. The van der Waals surface area contributed by atoms with Crippen molar-refractivity contribution in [2.24, 2.45) is 5.84 Å². The van der Waals surface area contributed by atoms with Crippen molar-refractivity contribution in [2.45, 2.75) is 19.9 Å². The average Bonchev–Trinajstić information content (AvgIpc) is 2.37. The summed E-state index contributed by atoms with van der Waals surface area (Å²) in [6.45, 7) is 4.04. The number of rotatable bonds is 3. The molecule has 0 aliphatic heterocycles. The summed E-state index contributed by atoms with van der Waals surface area (Å²) in [5, 5.41) is 0. The number of hydrogen-bond acceptors (Lipinski definition) is 3. The fraction of sp³-hybridized carbons (Fsp3) is 0.214. The summed E-state index contributed by atoms with van der Waals surface area (Å²) in [5.74, 6) is 5.70. The van der Waals surface area contributed by atoms with Crippen molar-refractivity contribution < 1.29 is 0 Å². The summed E-state index contributed by atoms with van der Waals surface area (Å²) in [6, 6.07) is 10.2. The zero-order chi connectivity index (χ0) is 13.1. The Morgan fingerprint density at radius 2 is 2.00 bits per heavy atom. The summed E-state index contributed by atoms with van der Waals surface area (Å²) in [4.78, 5) is 4.31. The molecule has 1 heterocycles. The second-order valence-corrected chi connectivity index (χ2v) is 5.21. The third kappa shape index (κ3) is 2.77. The molecule has 2 aromatic rings. The Kier molecular flexibility index (Phi) is 4.11. The van der Waals surface area contributed by atoms with Gasteiger partial charge in [-0.3, -0.25) is 10.8 Å². The van der Waals surface area contributed by atoms with Gasteiger partial charge in [0.25, 0.3) is 0 Å². The van der Waals surface area contributed by atoms with E-state index in [4.69, 9.17) is 5.84 Å². The summed E-state index contributed by atoms with van der Waals surface area (Å²) in [6.07, 6.45) is 1.86. The van der Waals surface area contributed by atoms with Crippen molar-refractivity contribution in [3.8, 4) is 0 Å². The van der Waals surface area contributed by atoms with E-state index in [1.165, 1.54) is 5.56 Å². The number of hydrogen-bond donors (Lipinski definition) is 2. The monoisotopic (exact) mass is 305 g/mol. The lowest BCUT2D eigenvalue weighted by Gasteiger charge is -2.18. The Morgan fingerprint density at radius 3 is 2.61 bits per heavy atom. The van der Waals surface area contributed by atoms with Gasteiger partial charge in [0.15, 0.2) is 0 Å². The Labute approximate surface area is 116 Å². The molecule has 1 aromatic heterocycles. The van der Waals surface area contributed by atoms with E-state index >= 15 is 0 Å². The average molecular weight is 306 g/mol. The van der Waals surface area contributed by atoms with Crippen molar-refractivity contribution in [2.75, 3.05) is 0 Å². The second-order valence-electron chi connectivity index (χ2n) is 4.36. The van der Waals surface area contributed by atoms with Gasteiger partial charge in [0, 0.05) is 16.4 Å². The highest BCUT2D eigenvalue weighted by atomic mass is 79.9. The molecule has 0 spiro atoms. The molecule has 0 saturated heterocycles. The van der Waals surface area contributed by atoms with Crippen LogP contribution >= 0.6 is 15.9 Å². The van der Waals surface area contributed by atoms with Gasteiger partial charge in [-0.25, -0.2) is 5.43 Å². The van der Waals surface area contributed by atoms with Crippen molar-refractivity contribution in [1.29, 1.82) is 0 Å². The lowest BCUT2D eigenvalue weighted by atomic mass is 9.99. The van der Waals surface area contributed by atoms with Crippen LogP contribution in [0.25, 0.3) is 0 Å². The third-order valence-corrected chi connectivity index (χ3v) is 3.62. The van der Waals surface area contributed by atoms with Crippen LogP contribution in [0.2, 0.25) is 0 Å². The predicted octanol–water partition coefficient (Wildman–Crippen LogP) is 3.01. The van der Waals surface area contributed by atoms with Crippen LogP contribution in [0.4, 0.5) is 0 Å². The molecule has 3 nitrogen and oxygen atoms in total. The number of nitrogens with two attached hydrogens (primary N) is 1. The van der Waals surface area contributed by atoms with Gasteiger partial charge in [0.05, 0.1) is 6.04 Å². The highest BCUT2D eigenvalue weighted by Crippen LogP contribution is 2.28. The Balaban J connectivity index is 2.44. The lowest BCUT2D eigenvalue weighted by Crippen LogP contribution is -2.29. The SMILES string of the molecule is Cc1ccc(Br)c(C(NN)c2ccc(C)nc2)c1. The van der Waals surface area contributed by atoms with E-state index in [2.05, 4.69) is 45.4 Å². The molecule has 0 aliphatic rings. The molecule has 3 N–H and O–H groups in total. The molecular weight excluding hydrogens is 290 g/mol. The first-order valence-corrected chi connectivity index (χ1v) is 6.56. The third-order valence-electron chi connectivity index (χ3n) is 2.90. The Morgan fingerprint density at radius 1 is 1.22 bits per heavy atom. The van der Waals surface area contributed by atoms with Gasteiger partial charge < -0.3 is 0 Å². The molecule has 0 amide bonds. The van der Waals surface area contributed by atoms with Crippen LogP contribution in [0.1, 0.15) is 28.4 Å². The van der Waals surface area contributed by atoms with Crippen LogP contribution in [-0.4, -0.2) is 4.98 Å². The van der Waals surface area contributed by atoms with E-state index < -0.39 is 0 Å². The minimum absolute atomic E-state index is 0.0626. The van der Waals surface area contributed by atoms with E-state index in [0.717, 1.165) is 21.3 Å². The zero-order valence-corrected chi connectivity index (χ0v) is 12.0. The van der Waals surface area contributed by atoms with Gasteiger partial charge in [0.1, 0.15) is 0 Å². The van der Waals surface area contributed by atoms with Crippen LogP contribution in [-0.2, 0) is 0 Å². The highest BCUT2D eigenvalue weighted by molar-refractivity contribution is 9.10. The summed E-state index contributed by atoms with van der Waals surface area (Å²) >= 11 is 3.57. The molecule has 94 valence electrons. The lowest BCUT2D eigenvalue weighted by molar-refractivity contribution is 0.631. The second kappa shape index (κ2) is 5.61. The van der Waals surface area contributed by atoms with E-state index in [1.54, 1.807) is 0 Å². The summed E-state index contributed by atoms with van der Waals surface area (Å²) < 4.78 is 1.04. The van der Waals surface area contributed by atoms with Crippen molar-refractivity contribution >= 4 is 15.9 Å². The predicted molar refractivity (Wildman–Crippen MR) is 77.0 cm³/mol. The van der Waals surface area contributed by atoms with Crippen LogP contribution in [0.5, 0.6) is 0 Å². The fourth-order valence-corrected chi connectivity index (χ4v) is 2.38. The van der Waals surface area contributed by atoms with Crippen molar-refractivity contribution in [3.05, 3.63) is 63.4 Å². The topological polar surface area (TPSA) is 50.9 Å². The van der Waals surface area contributed by atoms with Crippen LogP contribution in [0, 0.1) is 13.8 Å². The first kappa shape index (κ1) is 13.2. The molecule has 1 aromatic carbocycles. The quantitative estimate of drug-likeness (QED) is 0.677. The first-order chi connectivity index (χ1) is 8.61. The molecule has 0 fully saturated rings. The fourth-order valence-electron chi connectivity index (χ4n) is 1.90. The number of benzene rings is 1. The molecule has 18 heavy (non-hydrogen) atoms. The van der Waals surface area contributed by atoms with Gasteiger partial charge in [-0.1, -0.05) is 39.7 Å². The zero-order valence-electron chi connectivity index (χ0n) is 10.4. The van der Waals surface area contributed by atoms with Gasteiger partial charge in [-0.15, -0.1) is 0 Å². The molecule has 2 rings (SSSR count). The highest BCUT2D eigenvalue weighted by Gasteiger charge is 2.15.